The van der Waals surface area contributed by atoms with Gasteiger partial charge < -0.3 is 9.88 Å². The molecule has 1 aromatic carbocycles. The minimum absolute atomic E-state index is 0.0316. The fourth-order valence-electron chi connectivity index (χ4n) is 5.32. The lowest BCUT2D eigenvalue weighted by molar-refractivity contribution is -0.121. The first-order valence-electron chi connectivity index (χ1n) is 11.5. The van der Waals surface area contributed by atoms with Gasteiger partial charge in [-0.15, -0.1) is 0 Å². The van der Waals surface area contributed by atoms with Gasteiger partial charge in [0.1, 0.15) is 0 Å². The maximum atomic E-state index is 12.7. The summed E-state index contributed by atoms with van der Waals surface area (Å²) in [5.41, 5.74) is 4.49. The van der Waals surface area contributed by atoms with Crippen molar-refractivity contribution in [1.29, 1.82) is 0 Å². The minimum Gasteiger partial charge on any atom is -0.353 e. The average Bonchev–Trinajstić information content (AvgIpc) is 3.09. The summed E-state index contributed by atoms with van der Waals surface area (Å²) in [6, 6.07) is 10.3. The number of carbonyl (C=O) groups excluding carboxylic acids is 1. The molecule has 1 saturated carbocycles. The van der Waals surface area contributed by atoms with Crippen LogP contribution >= 0.6 is 0 Å². The van der Waals surface area contributed by atoms with Crippen molar-refractivity contribution in [2.24, 2.45) is 7.05 Å². The van der Waals surface area contributed by atoms with Crippen LogP contribution in [0.5, 0.6) is 0 Å². The van der Waals surface area contributed by atoms with Crippen LogP contribution in [0.15, 0.2) is 41.3 Å². The Kier molecular flexibility index (Phi) is 5.38. The first-order chi connectivity index (χ1) is 15.1. The van der Waals surface area contributed by atoms with Gasteiger partial charge in [-0.25, -0.2) is 4.68 Å². The fourth-order valence-corrected chi connectivity index (χ4v) is 5.32. The number of aryl methyl sites for hydroxylation is 3. The summed E-state index contributed by atoms with van der Waals surface area (Å²) in [5, 5.41) is 9.09. The molecule has 3 aromatic rings. The molecule has 0 radical (unpaired) electrons. The number of hydrogen-bond acceptors (Lipinski definition) is 3. The molecule has 2 aliphatic carbocycles. The van der Waals surface area contributed by atoms with Crippen molar-refractivity contribution in [2.75, 3.05) is 0 Å². The average molecular weight is 419 g/mol. The molecule has 0 unspecified atom stereocenters. The van der Waals surface area contributed by atoms with Gasteiger partial charge in [-0.3, -0.25) is 9.59 Å². The Morgan fingerprint density at radius 1 is 1.13 bits per heavy atom. The second kappa shape index (κ2) is 8.33. The third-order valence-corrected chi connectivity index (χ3v) is 6.97. The van der Waals surface area contributed by atoms with E-state index in [0.717, 1.165) is 79.1 Å². The highest BCUT2D eigenvalue weighted by atomic mass is 16.1. The van der Waals surface area contributed by atoms with Crippen LogP contribution in [0.4, 0.5) is 0 Å². The predicted octanol–water partition coefficient (Wildman–Crippen LogP) is 3.46. The van der Waals surface area contributed by atoms with Crippen molar-refractivity contribution < 1.29 is 4.79 Å². The van der Waals surface area contributed by atoms with E-state index in [1.807, 2.05) is 19.2 Å². The Bertz CT molecular complexity index is 1170. The standard InChI is InChI=1S/C25H30N4O2/c1-28-16-18(21-7-3-5-9-23(21)28)14-24(30)26-19-10-12-20(13-11-19)29-25(31)15-17-6-2-4-8-22(17)27-29/h3,5,7,9,15-16,19-20H,2,4,6,8,10-14H2,1H3,(H,26,30). The summed E-state index contributed by atoms with van der Waals surface area (Å²) in [7, 11) is 2.02. The van der Waals surface area contributed by atoms with Crippen LogP contribution in [0.1, 0.15) is 61.4 Å². The monoisotopic (exact) mass is 418 g/mol. The van der Waals surface area contributed by atoms with Gasteiger partial charge in [0.2, 0.25) is 5.91 Å². The number of carbonyl (C=O) groups is 1. The second-order valence-corrected chi connectivity index (χ2v) is 9.14. The van der Waals surface area contributed by atoms with Crippen LogP contribution < -0.4 is 10.9 Å². The molecule has 6 nitrogen and oxygen atoms in total. The van der Waals surface area contributed by atoms with Gasteiger partial charge in [0, 0.05) is 36.3 Å². The number of para-hydroxylation sites is 1. The lowest BCUT2D eigenvalue weighted by Crippen LogP contribution is -2.40. The number of amides is 1. The number of benzene rings is 1. The van der Waals surface area contributed by atoms with Crippen LogP contribution in [0, 0.1) is 0 Å². The lowest BCUT2D eigenvalue weighted by Gasteiger charge is -2.30. The van der Waals surface area contributed by atoms with Crippen molar-refractivity contribution in [2.45, 2.75) is 69.9 Å². The Morgan fingerprint density at radius 3 is 2.74 bits per heavy atom. The molecule has 0 bridgehead atoms. The van der Waals surface area contributed by atoms with Gasteiger partial charge >= 0.3 is 0 Å². The Hall–Kier alpha value is -2.89. The van der Waals surface area contributed by atoms with Crippen molar-refractivity contribution in [3.05, 3.63) is 63.7 Å². The topological polar surface area (TPSA) is 68.9 Å². The van der Waals surface area contributed by atoms with Gasteiger partial charge in [0.05, 0.1) is 18.2 Å². The van der Waals surface area contributed by atoms with Crippen molar-refractivity contribution >= 4 is 16.8 Å². The number of hydrogen-bond donors (Lipinski definition) is 1. The number of aromatic nitrogens is 3. The van der Waals surface area contributed by atoms with Crippen molar-refractivity contribution in [3.8, 4) is 0 Å². The first-order valence-corrected chi connectivity index (χ1v) is 11.5. The van der Waals surface area contributed by atoms with Crippen LogP contribution in [0.2, 0.25) is 0 Å². The van der Waals surface area contributed by atoms with E-state index in [1.165, 1.54) is 0 Å². The molecule has 5 rings (SSSR count). The molecule has 1 amide bonds. The van der Waals surface area contributed by atoms with E-state index in [0.29, 0.717) is 6.42 Å². The number of fused-ring (bicyclic) bond motifs is 2. The maximum Gasteiger partial charge on any atom is 0.267 e. The Balaban J connectivity index is 1.20. The summed E-state index contributed by atoms with van der Waals surface area (Å²) in [6.07, 6.45) is 10.3. The van der Waals surface area contributed by atoms with E-state index in [9.17, 15) is 9.59 Å². The molecule has 2 aromatic heterocycles. The number of nitrogens with zero attached hydrogens (tertiary/aromatic N) is 3. The highest BCUT2D eigenvalue weighted by Crippen LogP contribution is 2.28. The zero-order valence-corrected chi connectivity index (χ0v) is 18.1. The number of nitrogens with one attached hydrogen (secondary N) is 1. The SMILES string of the molecule is Cn1cc(CC(=O)NC2CCC(n3nc4c(cc3=O)CCCC4)CC2)c2ccccc21. The summed E-state index contributed by atoms with van der Waals surface area (Å²) in [4.78, 5) is 25.3. The molecule has 162 valence electrons. The molecule has 0 aliphatic heterocycles. The van der Waals surface area contributed by atoms with Gasteiger partial charge in [-0.2, -0.15) is 5.10 Å². The van der Waals surface area contributed by atoms with E-state index in [1.54, 1.807) is 10.7 Å². The summed E-state index contributed by atoms with van der Waals surface area (Å²) >= 11 is 0. The van der Waals surface area contributed by atoms with Crippen molar-refractivity contribution in [1.82, 2.24) is 19.7 Å². The second-order valence-electron chi connectivity index (χ2n) is 9.14. The molecule has 0 spiro atoms. The van der Waals surface area contributed by atoms with Gasteiger partial charge in [0.15, 0.2) is 0 Å². The molecule has 2 aliphatic rings. The zero-order valence-electron chi connectivity index (χ0n) is 18.1. The first kappa shape index (κ1) is 20.0. The van der Waals surface area contributed by atoms with E-state index < -0.39 is 0 Å². The Morgan fingerprint density at radius 2 is 1.90 bits per heavy atom. The highest BCUT2D eigenvalue weighted by molar-refractivity contribution is 5.89. The van der Waals surface area contributed by atoms with E-state index in [2.05, 4.69) is 28.2 Å². The minimum atomic E-state index is 0.0316. The van der Waals surface area contributed by atoms with E-state index >= 15 is 0 Å². The summed E-state index contributed by atoms with van der Waals surface area (Å²) < 4.78 is 3.80. The molecule has 0 saturated heterocycles. The summed E-state index contributed by atoms with van der Waals surface area (Å²) in [5.74, 6) is 0.0730. The zero-order chi connectivity index (χ0) is 21.4. The van der Waals surface area contributed by atoms with Crippen LogP contribution in [-0.4, -0.2) is 26.3 Å². The molecule has 1 fully saturated rings. The fraction of sp³-hybridized carbons (Fsp3) is 0.480. The smallest absolute Gasteiger partial charge is 0.267 e. The van der Waals surface area contributed by atoms with Crippen LogP contribution in [0.3, 0.4) is 0 Å². The third-order valence-electron chi connectivity index (χ3n) is 6.97. The number of rotatable bonds is 4. The quantitative estimate of drug-likeness (QED) is 0.706. The summed E-state index contributed by atoms with van der Waals surface area (Å²) in [6.45, 7) is 0. The lowest BCUT2D eigenvalue weighted by atomic mass is 9.90. The molecule has 2 heterocycles. The molecular formula is C25H30N4O2. The molecule has 31 heavy (non-hydrogen) atoms. The normalized spacial score (nSPS) is 21.1. The molecule has 0 atom stereocenters. The Labute approximate surface area is 182 Å². The predicted molar refractivity (Wildman–Crippen MR) is 121 cm³/mol. The molecule has 6 heteroatoms. The largest absolute Gasteiger partial charge is 0.353 e. The molecule has 1 N–H and O–H groups in total. The van der Waals surface area contributed by atoms with Gasteiger partial charge in [-0.1, -0.05) is 18.2 Å². The molecular weight excluding hydrogens is 388 g/mol. The maximum absolute atomic E-state index is 12.7. The van der Waals surface area contributed by atoms with Crippen molar-refractivity contribution in [3.63, 3.8) is 0 Å². The van der Waals surface area contributed by atoms with Gasteiger partial charge in [0.25, 0.3) is 5.56 Å². The van der Waals surface area contributed by atoms with E-state index in [4.69, 9.17) is 5.10 Å². The third kappa shape index (κ3) is 4.03. The van der Waals surface area contributed by atoms with Crippen LogP contribution in [0.25, 0.3) is 10.9 Å². The van der Waals surface area contributed by atoms with E-state index in [-0.39, 0.29) is 23.6 Å². The van der Waals surface area contributed by atoms with Crippen LogP contribution in [-0.2, 0) is 31.1 Å². The highest BCUT2D eigenvalue weighted by Gasteiger charge is 2.26. The van der Waals surface area contributed by atoms with Gasteiger partial charge in [-0.05, 0) is 68.6 Å².